The van der Waals surface area contributed by atoms with Crippen molar-refractivity contribution in [2.24, 2.45) is 11.7 Å². The molecule has 2 nitrogen and oxygen atoms in total. The minimum absolute atomic E-state index is 0.243. The molecule has 1 aromatic carbocycles. The topological polar surface area (TPSA) is 29.3 Å². The Hall–Kier alpha value is -1.02. The van der Waals surface area contributed by atoms with Crippen molar-refractivity contribution in [3.05, 3.63) is 29.8 Å². The Labute approximate surface area is 111 Å². The first-order valence-electron chi connectivity index (χ1n) is 7.07. The predicted molar refractivity (Wildman–Crippen MR) is 79.0 cm³/mol. The average Bonchev–Trinajstić information content (AvgIpc) is 2.30. The van der Waals surface area contributed by atoms with Crippen molar-refractivity contribution in [2.75, 3.05) is 18.0 Å². The Kier molecular flexibility index (Phi) is 3.96. The second-order valence-electron chi connectivity index (χ2n) is 6.24. The molecule has 1 fully saturated rings. The van der Waals surface area contributed by atoms with Crippen molar-refractivity contribution in [3.63, 3.8) is 0 Å². The molecule has 0 spiro atoms. The summed E-state index contributed by atoms with van der Waals surface area (Å²) in [5.41, 5.74) is 8.63. The highest BCUT2D eigenvalue weighted by Gasteiger charge is 2.34. The molecule has 18 heavy (non-hydrogen) atoms. The maximum atomic E-state index is 5.70. The summed E-state index contributed by atoms with van der Waals surface area (Å²) >= 11 is 0. The minimum Gasteiger partial charge on any atom is -0.366 e. The summed E-state index contributed by atoms with van der Waals surface area (Å²) in [4.78, 5) is 2.56. The highest BCUT2D eigenvalue weighted by molar-refractivity contribution is 5.50. The summed E-state index contributed by atoms with van der Waals surface area (Å²) in [6.45, 7) is 8.83. The van der Waals surface area contributed by atoms with Gasteiger partial charge in [-0.05, 0) is 64.6 Å². The molecule has 1 aliphatic rings. The van der Waals surface area contributed by atoms with Gasteiger partial charge in [-0.25, -0.2) is 0 Å². The number of rotatable bonds is 3. The van der Waals surface area contributed by atoms with Crippen LogP contribution in [0.1, 0.15) is 38.7 Å². The second-order valence-corrected chi connectivity index (χ2v) is 6.24. The highest BCUT2D eigenvalue weighted by atomic mass is 15.2. The Balaban J connectivity index is 2.12. The minimum atomic E-state index is 0.243. The highest BCUT2D eigenvalue weighted by Crippen LogP contribution is 2.36. The zero-order chi connectivity index (χ0) is 13.2. The maximum Gasteiger partial charge on any atom is 0.0370 e. The molecule has 1 saturated heterocycles. The number of nitrogens with two attached hydrogens (primary N) is 1. The van der Waals surface area contributed by atoms with E-state index in [4.69, 9.17) is 5.73 Å². The molecular weight excluding hydrogens is 220 g/mol. The largest absolute Gasteiger partial charge is 0.366 e. The molecule has 2 N–H and O–H groups in total. The Morgan fingerprint density at radius 2 is 1.94 bits per heavy atom. The van der Waals surface area contributed by atoms with E-state index in [0.717, 1.165) is 19.0 Å². The van der Waals surface area contributed by atoms with Gasteiger partial charge in [-0.3, -0.25) is 0 Å². The molecule has 2 heteroatoms. The van der Waals surface area contributed by atoms with Crippen LogP contribution in [-0.4, -0.2) is 18.6 Å². The first-order chi connectivity index (χ1) is 8.53. The standard InChI is InChI=1S/C16H26N2/c1-13-4-6-15(7-5-13)18-11-9-14(8-10-17)12-16(18,2)3/h4-7,14H,8-12,17H2,1-3H3. The van der Waals surface area contributed by atoms with Crippen LogP contribution < -0.4 is 10.6 Å². The Morgan fingerprint density at radius 1 is 1.28 bits per heavy atom. The van der Waals surface area contributed by atoms with Gasteiger partial charge >= 0.3 is 0 Å². The van der Waals surface area contributed by atoms with Gasteiger partial charge in [0.25, 0.3) is 0 Å². The van der Waals surface area contributed by atoms with Crippen molar-refractivity contribution >= 4 is 5.69 Å². The zero-order valence-corrected chi connectivity index (χ0v) is 11.9. The Morgan fingerprint density at radius 3 is 2.50 bits per heavy atom. The van der Waals surface area contributed by atoms with E-state index in [9.17, 15) is 0 Å². The van der Waals surface area contributed by atoms with E-state index in [1.54, 1.807) is 0 Å². The van der Waals surface area contributed by atoms with E-state index >= 15 is 0 Å². The van der Waals surface area contributed by atoms with E-state index in [2.05, 4.69) is 49.9 Å². The lowest BCUT2D eigenvalue weighted by Crippen LogP contribution is -2.50. The van der Waals surface area contributed by atoms with Crippen LogP contribution in [0.15, 0.2) is 24.3 Å². The van der Waals surface area contributed by atoms with Crippen LogP contribution in [-0.2, 0) is 0 Å². The fourth-order valence-electron chi connectivity index (χ4n) is 3.22. The molecular formula is C16H26N2. The van der Waals surface area contributed by atoms with Crippen LogP contribution in [0.25, 0.3) is 0 Å². The first-order valence-corrected chi connectivity index (χ1v) is 7.07. The van der Waals surface area contributed by atoms with Crippen LogP contribution in [0.3, 0.4) is 0 Å². The van der Waals surface area contributed by atoms with Crippen molar-refractivity contribution in [3.8, 4) is 0 Å². The monoisotopic (exact) mass is 246 g/mol. The molecule has 100 valence electrons. The van der Waals surface area contributed by atoms with Gasteiger partial charge in [-0.15, -0.1) is 0 Å². The molecule has 0 radical (unpaired) electrons. The van der Waals surface area contributed by atoms with E-state index < -0.39 is 0 Å². The van der Waals surface area contributed by atoms with Gasteiger partial charge in [0.2, 0.25) is 0 Å². The van der Waals surface area contributed by atoms with Crippen LogP contribution in [0.5, 0.6) is 0 Å². The first kappa shape index (κ1) is 13.4. The third-order valence-corrected chi connectivity index (χ3v) is 4.20. The summed E-state index contributed by atoms with van der Waals surface area (Å²) in [5.74, 6) is 0.798. The molecule has 0 bridgehead atoms. The van der Waals surface area contributed by atoms with E-state index in [1.165, 1.54) is 30.5 Å². The van der Waals surface area contributed by atoms with Crippen molar-refractivity contribution < 1.29 is 0 Å². The summed E-state index contributed by atoms with van der Waals surface area (Å²) < 4.78 is 0. The number of hydrogen-bond donors (Lipinski definition) is 1. The summed E-state index contributed by atoms with van der Waals surface area (Å²) in [5, 5.41) is 0. The quantitative estimate of drug-likeness (QED) is 0.886. The van der Waals surface area contributed by atoms with E-state index in [0.29, 0.717) is 0 Å². The number of aryl methyl sites for hydroxylation is 1. The number of benzene rings is 1. The molecule has 0 aliphatic carbocycles. The lowest BCUT2D eigenvalue weighted by atomic mass is 9.80. The molecule has 0 amide bonds. The predicted octanol–water partition coefficient (Wildman–Crippen LogP) is 3.34. The van der Waals surface area contributed by atoms with Crippen LogP contribution in [0.4, 0.5) is 5.69 Å². The Bertz CT molecular complexity index is 381. The summed E-state index contributed by atoms with van der Waals surface area (Å²) in [7, 11) is 0. The SMILES string of the molecule is Cc1ccc(N2CCC(CCN)CC2(C)C)cc1. The molecule has 1 aromatic rings. The normalized spacial score (nSPS) is 23.1. The number of hydrogen-bond acceptors (Lipinski definition) is 2. The van der Waals surface area contributed by atoms with Gasteiger partial charge in [0, 0.05) is 17.8 Å². The van der Waals surface area contributed by atoms with Gasteiger partial charge in [0.05, 0.1) is 0 Å². The molecule has 1 unspecified atom stereocenters. The lowest BCUT2D eigenvalue weighted by Gasteiger charge is -2.47. The molecule has 2 rings (SSSR count). The molecule has 1 atom stereocenters. The fraction of sp³-hybridized carbons (Fsp3) is 0.625. The second kappa shape index (κ2) is 5.31. The molecule has 0 aromatic heterocycles. The van der Waals surface area contributed by atoms with Gasteiger partial charge < -0.3 is 10.6 Å². The molecule has 0 saturated carbocycles. The van der Waals surface area contributed by atoms with Crippen molar-refractivity contribution in [1.29, 1.82) is 0 Å². The number of piperidine rings is 1. The van der Waals surface area contributed by atoms with Gasteiger partial charge in [-0.1, -0.05) is 17.7 Å². The number of nitrogens with zero attached hydrogens (tertiary/aromatic N) is 1. The van der Waals surface area contributed by atoms with Crippen LogP contribution in [0, 0.1) is 12.8 Å². The third-order valence-electron chi connectivity index (χ3n) is 4.20. The van der Waals surface area contributed by atoms with Crippen molar-refractivity contribution in [1.82, 2.24) is 0 Å². The van der Waals surface area contributed by atoms with Crippen LogP contribution >= 0.6 is 0 Å². The number of anilines is 1. The van der Waals surface area contributed by atoms with E-state index in [-0.39, 0.29) is 5.54 Å². The van der Waals surface area contributed by atoms with Crippen LogP contribution in [0.2, 0.25) is 0 Å². The summed E-state index contributed by atoms with van der Waals surface area (Å²) in [6, 6.07) is 8.91. The fourth-order valence-corrected chi connectivity index (χ4v) is 3.22. The average molecular weight is 246 g/mol. The zero-order valence-electron chi connectivity index (χ0n) is 11.9. The molecule has 1 heterocycles. The summed E-state index contributed by atoms with van der Waals surface area (Å²) in [6.07, 6.45) is 3.69. The van der Waals surface area contributed by atoms with Gasteiger partial charge in [0.1, 0.15) is 0 Å². The maximum absolute atomic E-state index is 5.70. The lowest BCUT2D eigenvalue weighted by molar-refractivity contribution is 0.264. The smallest absolute Gasteiger partial charge is 0.0370 e. The van der Waals surface area contributed by atoms with Crippen molar-refractivity contribution in [2.45, 2.75) is 45.6 Å². The third kappa shape index (κ3) is 2.86. The molecule has 1 aliphatic heterocycles. The van der Waals surface area contributed by atoms with Gasteiger partial charge in [0.15, 0.2) is 0 Å². The van der Waals surface area contributed by atoms with Gasteiger partial charge in [-0.2, -0.15) is 0 Å². The van der Waals surface area contributed by atoms with E-state index in [1.807, 2.05) is 0 Å².